The molecule has 0 aromatic carbocycles. The molecule has 1 aromatic heterocycles. The summed E-state index contributed by atoms with van der Waals surface area (Å²) >= 11 is 1.15. The summed E-state index contributed by atoms with van der Waals surface area (Å²) in [6.07, 6.45) is 4.41. The van der Waals surface area contributed by atoms with Crippen LogP contribution >= 0.6 is 11.9 Å². The van der Waals surface area contributed by atoms with E-state index in [1.807, 2.05) is 6.07 Å². The highest BCUT2D eigenvalue weighted by atomic mass is 32.2. The third kappa shape index (κ3) is 5.28. The maximum atomic E-state index is 13.6. The number of fused-ring (bicyclic) bond motifs is 5. The van der Waals surface area contributed by atoms with E-state index in [-0.39, 0.29) is 17.5 Å². The SMILES string of the molecule is C=C/C1=N\C(=C)NC(C)CC(C)C2CN(c3nc4c(cc3C(=O)NS1)CCOC4(C)C)C(C)(C)C2. The molecule has 7 nitrogen and oxygen atoms in total. The van der Waals surface area contributed by atoms with Crippen molar-refractivity contribution in [3.63, 3.8) is 0 Å². The smallest absolute Gasteiger partial charge is 0.265 e. The standard InChI is InChI=1S/C27H39N5O2S/c1-9-22-29-18(4)28-17(3)12-16(2)20-14-26(5,6)32(15-20)24-21(25(33)31-35-22)13-19-10-11-34-27(7,8)23(19)30-24/h9,13,16-17,20,28H,1,4,10-12,14-15H2,2-3,5-8H3,(H,31,33)/b29-22+. The monoisotopic (exact) mass is 497 g/mol. The van der Waals surface area contributed by atoms with Gasteiger partial charge in [-0.1, -0.05) is 20.1 Å². The Morgan fingerprint density at radius 1 is 1.29 bits per heavy atom. The molecular weight excluding hydrogens is 458 g/mol. The van der Waals surface area contributed by atoms with E-state index in [0.717, 1.165) is 54.8 Å². The lowest BCUT2D eigenvalue weighted by Crippen LogP contribution is -2.41. The number of amides is 1. The highest BCUT2D eigenvalue weighted by Crippen LogP contribution is 2.43. The van der Waals surface area contributed by atoms with Gasteiger partial charge >= 0.3 is 0 Å². The Morgan fingerprint density at radius 3 is 2.74 bits per heavy atom. The first-order valence-corrected chi connectivity index (χ1v) is 13.3. The molecule has 3 aliphatic heterocycles. The summed E-state index contributed by atoms with van der Waals surface area (Å²) in [6.45, 7) is 22.5. The summed E-state index contributed by atoms with van der Waals surface area (Å²) in [4.78, 5) is 25.6. The van der Waals surface area contributed by atoms with E-state index in [1.54, 1.807) is 6.08 Å². The molecule has 4 rings (SSSR count). The Kier molecular flexibility index (Phi) is 7.08. The molecule has 0 aliphatic carbocycles. The summed E-state index contributed by atoms with van der Waals surface area (Å²) in [5, 5.41) is 3.98. The first kappa shape index (κ1) is 25.8. The fraction of sp³-hybridized carbons (Fsp3) is 0.593. The van der Waals surface area contributed by atoms with Crippen LogP contribution < -0.4 is 14.9 Å². The third-order valence-electron chi connectivity index (χ3n) is 7.51. The van der Waals surface area contributed by atoms with Gasteiger partial charge in [-0.15, -0.1) is 0 Å². The molecule has 1 amide bonds. The average molecular weight is 498 g/mol. The molecule has 3 atom stereocenters. The molecule has 1 aromatic rings. The van der Waals surface area contributed by atoms with Crippen LogP contribution in [-0.2, 0) is 16.8 Å². The summed E-state index contributed by atoms with van der Waals surface area (Å²) < 4.78 is 9.03. The molecule has 3 aliphatic rings. The van der Waals surface area contributed by atoms with E-state index >= 15 is 0 Å². The van der Waals surface area contributed by atoms with E-state index in [4.69, 9.17) is 9.72 Å². The van der Waals surface area contributed by atoms with Crippen molar-refractivity contribution in [3.8, 4) is 0 Å². The van der Waals surface area contributed by atoms with Gasteiger partial charge in [0.15, 0.2) is 0 Å². The Bertz CT molecular complexity index is 1060. The normalized spacial score (nSPS) is 29.9. The highest BCUT2D eigenvalue weighted by Gasteiger charge is 2.44. The Balaban J connectivity index is 1.83. The summed E-state index contributed by atoms with van der Waals surface area (Å²) in [7, 11) is 0. The Morgan fingerprint density at radius 2 is 2.03 bits per heavy atom. The van der Waals surface area contributed by atoms with Crippen LogP contribution in [0.3, 0.4) is 0 Å². The van der Waals surface area contributed by atoms with Gasteiger partial charge in [-0.2, -0.15) is 0 Å². The van der Waals surface area contributed by atoms with Crippen LogP contribution in [0.2, 0.25) is 0 Å². The van der Waals surface area contributed by atoms with Gasteiger partial charge in [0.1, 0.15) is 22.3 Å². The van der Waals surface area contributed by atoms with Crippen LogP contribution in [0.4, 0.5) is 5.82 Å². The van der Waals surface area contributed by atoms with Gasteiger partial charge in [0.05, 0.1) is 17.9 Å². The number of aliphatic imine (C=N–C) groups is 1. The number of carbonyl (C=O) groups is 1. The summed E-state index contributed by atoms with van der Waals surface area (Å²) in [6, 6.07) is 2.25. The molecule has 3 unspecified atom stereocenters. The molecular formula is C27H39N5O2S. The fourth-order valence-corrected chi connectivity index (χ4v) is 6.24. The van der Waals surface area contributed by atoms with Gasteiger partial charge in [0.2, 0.25) is 0 Å². The molecule has 0 spiro atoms. The van der Waals surface area contributed by atoms with Crippen molar-refractivity contribution in [2.45, 2.75) is 78.0 Å². The van der Waals surface area contributed by atoms with Crippen molar-refractivity contribution in [1.29, 1.82) is 0 Å². The summed E-state index contributed by atoms with van der Waals surface area (Å²) in [5.74, 6) is 2.08. The first-order valence-electron chi connectivity index (χ1n) is 12.5. The number of hydrogen-bond acceptors (Lipinski definition) is 7. The van der Waals surface area contributed by atoms with E-state index in [2.05, 4.69) is 74.6 Å². The molecule has 2 N–H and O–H groups in total. The second-order valence-corrected chi connectivity index (χ2v) is 12.1. The van der Waals surface area contributed by atoms with Crippen LogP contribution in [0.25, 0.3) is 0 Å². The molecule has 8 heteroatoms. The molecule has 2 bridgehead atoms. The zero-order valence-electron chi connectivity index (χ0n) is 21.9. The topological polar surface area (TPSA) is 78.9 Å². The Labute approximate surface area is 214 Å². The minimum atomic E-state index is -0.495. The predicted molar refractivity (Wildman–Crippen MR) is 145 cm³/mol. The van der Waals surface area contributed by atoms with Crippen molar-refractivity contribution < 1.29 is 9.53 Å². The largest absolute Gasteiger partial charge is 0.369 e. The molecule has 0 radical (unpaired) electrons. The number of carbonyl (C=O) groups excluding carboxylic acids is 1. The van der Waals surface area contributed by atoms with Crippen molar-refractivity contribution in [3.05, 3.63) is 47.9 Å². The predicted octanol–water partition coefficient (Wildman–Crippen LogP) is 4.95. The van der Waals surface area contributed by atoms with Crippen molar-refractivity contribution in [2.24, 2.45) is 16.8 Å². The van der Waals surface area contributed by atoms with Gasteiger partial charge in [0.25, 0.3) is 5.91 Å². The molecule has 190 valence electrons. The second kappa shape index (κ2) is 9.62. The number of nitrogens with zero attached hydrogens (tertiary/aromatic N) is 3. The van der Waals surface area contributed by atoms with Gasteiger partial charge in [-0.25, -0.2) is 9.98 Å². The number of ether oxygens (including phenoxy) is 1. The van der Waals surface area contributed by atoms with Crippen molar-refractivity contribution >= 4 is 28.7 Å². The molecule has 1 saturated heterocycles. The van der Waals surface area contributed by atoms with E-state index in [0.29, 0.717) is 34.9 Å². The highest BCUT2D eigenvalue weighted by molar-refractivity contribution is 8.13. The van der Waals surface area contributed by atoms with E-state index in [9.17, 15) is 4.79 Å². The van der Waals surface area contributed by atoms with Gasteiger partial charge in [-0.3, -0.25) is 9.52 Å². The van der Waals surface area contributed by atoms with Crippen LogP contribution in [-0.4, -0.2) is 40.7 Å². The number of pyridine rings is 1. The molecule has 4 heterocycles. The quantitative estimate of drug-likeness (QED) is 0.535. The number of hydrogen-bond donors (Lipinski definition) is 2. The van der Waals surface area contributed by atoms with E-state index < -0.39 is 5.60 Å². The van der Waals surface area contributed by atoms with Gasteiger partial charge < -0.3 is 15.0 Å². The van der Waals surface area contributed by atoms with Gasteiger partial charge in [0, 0.05) is 30.1 Å². The number of anilines is 1. The second-order valence-electron chi connectivity index (χ2n) is 11.3. The minimum Gasteiger partial charge on any atom is -0.369 e. The lowest BCUT2D eigenvalue weighted by molar-refractivity contribution is -0.0350. The molecule has 1 fully saturated rings. The van der Waals surface area contributed by atoms with Crippen LogP contribution in [0.5, 0.6) is 0 Å². The fourth-order valence-electron chi connectivity index (χ4n) is 5.69. The summed E-state index contributed by atoms with van der Waals surface area (Å²) in [5.41, 5.74) is 1.97. The number of nitrogens with one attached hydrogen (secondary N) is 2. The van der Waals surface area contributed by atoms with Crippen molar-refractivity contribution in [1.82, 2.24) is 15.0 Å². The lowest BCUT2D eigenvalue weighted by Gasteiger charge is -2.37. The molecule has 0 saturated carbocycles. The zero-order valence-corrected chi connectivity index (χ0v) is 22.7. The van der Waals surface area contributed by atoms with Gasteiger partial charge in [-0.05, 0) is 83.4 Å². The van der Waals surface area contributed by atoms with Crippen molar-refractivity contribution in [2.75, 3.05) is 18.1 Å². The van der Waals surface area contributed by atoms with Crippen LogP contribution in [0, 0.1) is 11.8 Å². The lowest BCUT2D eigenvalue weighted by atomic mass is 9.84. The zero-order chi connectivity index (χ0) is 25.5. The van der Waals surface area contributed by atoms with E-state index in [1.165, 1.54) is 0 Å². The van der Waals surface area contributed by atoms with Crippen LogP contribution in [0.1, 0.15) is 76.0 Å². The third-order valence-corrected chi connectivity index (χ3v) is 8.26. The minimum absolute atomic E-state index is 0.132. The maximum absolute atomic E-state index is 13.6. The first-order chi connectivity index (χ1) is 16.4. The average Bonchev–Trinajstić information content (AvgIpc) is 3.09. The molecule has 35 heavy (non-hydrogen) atoms. The maximum Gasteiger partial charge on any atom is 0.265 e. The number of rotatable bonds is 1. The number of aromatic nitrogens is 1. The van der Waals surface area contributed by atoms with Crippen LogP contribution in [0.15, 0.2) is 36.1 Å². The Hall–Kier alpha value is -2.32.